The van der Waals surface area contributed by atoms with Gasteiger partial charge in [0.2, 0.25) is 6.61 Å². The average molecular weight is 586 g/mol. The van der Waals surface area contributed by atoms with Gasteiger partial charge in [0, 0.05) is 16.9 Å². The molecule has 2 atom stereocenters. The summed E-state index contributed by atoms with van der Waals surface area (Å²) in [4.78, 5) is 59.7. The molecular formula is C19H19N7O7S4. The number of nitrogens with two attached hydrogens (primary N) is 1. The molecule has 0 aliphatic carbocycles. The van der Waals surface area contributed by atoms with Gasteiger partial charge in [-0.3, -0.25) is 14.5 Å². The van der Waals surface area contributed by atoms with Crippen LogP contribution in [0.2, 0.25) is 0 Å². The lowest BCUT2D eigenvalue weighted by Crippen LogP contribution is -2.71. The summed E-state index contributed by atoms with van der Waals surface area (Å²) in [5.41, 5.74) is 7.50. The molecule has 0 saturated carbocycles. The molecule has 2 aliphatic rings. The van der Waals surface area contributed by atoms with E-state index in [-0.39, 0.29) is 28.8 Å². The van der Waals surface area contributed by atoms with Crippen molar-refractivity contribution in [3.63, 3.8) is 0 Å². The number of hydrogen-bond acceptors (Lipinski definition) is 15. The van der Waals surface area contributed by atoms with Crippen LogP contribution in [0, 0.1) is 0 Å². The van der Waals surface area contributed by atoms with Crippen molar-refractivity contribution in [3.05, 3.63) is 27.9 Å². The van der Waals surface area contributed by atoms with Gasteiger partial charge in [0.1, 0.15) is 28.3 Å². The van der Waals surface area contributed by atoms with Crippen LogP contribution in [-0.4, -0.2) is 90.8 Å². The first-order chi connectivity index (χ1) is 17.8. The van der Waals surface area contributed by atoms with Crippen LogP contribution < -0.4 is 11.1 Å². The van der Waals surface area contributed by atoms with Gasteiger partial charge in [-0.2, -0.15) is 0 Å². The molecule has 18 heteroatoms. The van der Waals surface area contributed by atoms with Crippen molar-refractivity contribution in [2.45, 2.75) is 22.7 Å². The van der Waals surface area contributed by atoms with Crippen LogP contribution >= 0.6 is 46.2 Å². The van der Waals surface area contributed by atoms with E-state index >= 15 is 0 Å². The summed E-state index contributed by atoms with van der Waals surface area (Å²) in [6, 6.07) is -1.00. The van der Waals surface area contributed by atoms with Gasteiger partial charge < -0.3 is 25.7 Å². The minimum absolute atomic E-state index is 0.0888. The molecule has 196 valence electrons. The van der Waals surface area contributed by atoms with E-state index in [9.17, 15) is 24.3 Å². The van der Waals surface area contributed by atoms with E-state index in [0.717, 1.165) is 11.3 Å². The van der Waals surface area contributed by atoms with E-state index < -0.39 is 41.8 Å². The van der Waals surface area contributed by atoms with Crippen molar-refractivity contribution in [2.75, 3.05) is 30.5 Å². The molecule has 2 aromatic heterocycles. The lowest BCUT2D eigenvalue weighted by atomic mass is 10.0. The molecule has 2 aliphatic heterocycles. The van der Waals surface area contributed by atoms with Crippen molar-refractivity contribution < 1.29 is 33.9 Å². The molecule has 0 bridgehead atoms. The third kappa shape index (κ3) is 6.03. The number of carbonyl (C=O) groups is 4. The molecule has 4 heterocycles. The number of thiazole rings is 1. The van der Waals surface area contributed by atoms with Crippen LogP contribution in [0.4, 0.5) is 5.13 Å². The molecule has 4 rings (SSSR count). The van der Waals surface area contributed by atoms with Gasteiger partial charge in [-0.1, -0.05) is 28.3 Å². The Labute approximate surface area is 225 Å². The number of aliphatic carboxylic acids is 1. The third-order valence-corrected chi connectivity index (χ3v) is 8.83. The number of amides is 2. The van der Waals surface area contributed by atoms with Crippen molar-refractivity contribution in [3.8, 4) is 0 Å². The van der Waals surface area contributed by atoms with Crippen LogP contribution in [0.15, 0.2) is 31.7 Å². The van der Waals surface area contributed by atoms with E-state index in [2.05, 4.69) is 25.7 Å². The summed E-state index contributed by atoms with van der Waals surface area (Å²) < 4.78 is 5.44. The fourth-order valence-corrected chi connectivity index (χ4v) is 6.85. The molecule has 14 nitrogen and oxygen atoms in total. The molecule has 0 spiro atoms. The summed E-state index contributed by atoms with van der Waals surface area (Å²) in [6.07, 6.45) is 0. The standard InChI is InChI=1S/C19H19N7O7S4/c1-2-32-10(27)3-33-25-11(9-6-35-18(20)22-9)14(28)23-12-15(29)26-13(17(30)31)8(4-34-16(12)26)5-36-19-24-21-7-37-19/h6-7,12,16H,2-5H2,1H3,(H2,20,22)(H,23,28)(H,30,31)/b25-11+. The number of carboxylic acid groups (broad SMARTS) is 1. The Kier molecular flexibility index (Phi) is 8.62. The van der Waals surface area contributed by atoms with Gasteiger partial charge in [0.15, 0.2) is 15.2 Å². The number of hydrogen-bond donors (Lipinski definition) is 3. The first kappa shape index (κ1) is 26.8. The molecule has 2 aromatic rings. The normalized spacial score (nSPS) is 19.2. The van der Waals surface area contributed by atoms with E-state index in [4.69, 9.17) is 15.3 Å². The lowest BCUT2D eigenvalue weighted by molar-refractivity contribution is -0.150. The number of fused-ring (bicyclic) bond motifs is 1. The molecule has 2 amide bonds. The molecule has 0 aromatic carbocycles. The number of β-lactam (4-membered cyclic amide) rings is 1. The van der Waals surface area contributed by atoms with Crippen molar-refractivity contribution in [2.24, 2.45) is 5.16 Å². The Morgan fingerprint density at radius 3 is 2.84 bits per heavy atom. The van der Waals surface area contributed by atoms with Gasteiger partial charge in [-0.05, 0) is 12.5 Å². The summed E-state index contributed by atoms with van der Waals surface area (Å²) in [7, 11) is 0. The van der Waals surface area contributed by atoms with Gasteiger partial charge >= 0.3 is 11.9 Å². The maximum Gasteiger partial charge on any atom is 0.352 e. The smallest absolute Gasteiger partial charge is 0.352 e. The van der Waals surface area contributed by atoms with E-state index in [1.165, 1.54) is 45.1 Å². The quantitative estimate of drug-likeness (QED) is 0.108. The predicted molar refractivity (Wildman–Crippen MR) is 136 cm³/mol. The number of oxime groups is 1. The SMILES string of the molecule is CCOC(=O)CO/N=C(/C(=O)NC1C(=O)N2C(C(=O)O)=C(CSc3nncs3)CSC12)c1csc(N)n1. The van der Waals surface area contributed by atoms with Crippen molar-refractivity contribution in [1.29, 1.82) is 0 Å². The summed E-state index contributed by atoms with van der Waals surface area (Å²) in [5, 5.41) is 24.8. The number of carboxylic acids is 1. The molecule has 1 saturated heterocycles. The number of anilines is 1. The average Bonchev–Trinajstić information content (AvgIpc) is 3.55. The van der Waals surface area contributed by atoms with E-state index in [0.29, 0.717) is 21.4 Å². The molecular weight excluding hydrogens is 567 g/mol. The monoisotopic (exact) mass is 585 g/mol. The number of thioether (sulfide) groups is 2. The zero-order chi connectivity index (χ0) is 26.5. The van der Waals surface area contributed by atoms with Gasteiger partial charge in [0.05, 0.1) is 6.61 Å². The Hall–Kier alpha value is -3.22. The number of esters is 1. The molecule has 1 fully saturated rings. The number of nitrogens with zero attached hydrogens (tertiary/aromatic N) is 5. The lowest BCUT2D eigenvalue weighted by Gasteiger charge is -2.49. The molecule has 0 radical (unpaired) electrons. The Balaban J connectivity index is 1.47. The highest BCUT2D eigenvalue weighted by Crippen LogP contribution is 2.41. The molecule has 4 N–H and O–H groups in total. The minimum Gasteiger partial charge on any atom is -0.477 e. The molecule has 2 unspecified atom stereocenters. The topological polar surface area (TPSA) is 199 Å². The van der Waals surface area contributed by atoms with Gasteiger partial charge in [0.25, 0.3) is 11.8 Å². The fourth-order valence-electron chi connectivity index (χ4n) is 3.33. The maximum absolute atomic E-state index is 13.1. The van der Waals surface area contributed by atoms with Crippen molar-refractivity contribution in [1.82, 2.24) is 25.4 Å². The Bertz CT molecular complexity index is 1260. The van der Waals surface area contributed by atoms with Crippen LogP contribution in [0.5, 0.6) is 0 Å². The number of nitrogens with one attached hydrogen (secondary N) is 1. The van der Waals surface area contributed by atoms with Gasteiger partial charge in [-0.15, -0.1) is 33.3 Å². The summed E-state index contributed by atoms with van der Waals surface area (Å²) in [5.74, 6) is -2.61. The largest absolute Gasteiger partial charge is 0.477 e. The second-order valence-electron chi connectivity index (χ2n) is 7.20. The fraction of sp³-hybridized carbons (Fsp3) is 0.368. The number of aromatic nitrogens is 3. The van der Waals surface area contributed by atoms with E-state index in [1.807, 2.05) is 0 Å². The highest BCUT2D eigenvalue weighted by molar-refractivity contribution is 8.01. The molecule has 37 heavy (non-hydrogen) atoms. The van der Waals surface area contributed by atoms with Crippen LogP contribution in [0.3, 0.4) is 0 Å². The zero-order valence-corrected chi connectivity index (χ0v) is 22.2. The zero-order valence-electron chi connectivity index (χ0n) is 19.0. The number of rotatable bonds is 11. The first-order valence-corrected chi connectivity index (χ1v) is 14.3. The third-order valence-electron chi connectivity index (χ3n) is 4.87. The number of nitrogen functional groups attached to an aromatic ring is 1. The number of ether oxygens (including phenoxy) is 1. The van der Waals surface area contributed by atoms with E-state index in [1.54, 1.807) is 12.4 Å². The number of carbonyl (C=O) groups excluding carboxylic acids is 3. The highest BCUT2D eigenvalue weighted by atomic mass is 32.2. The Morgan fingerprint density at radius 1 is 1.38 bits per heavy atom. The first-order valence-electron chi connectivity index (χ1n) is 10.5. The minimum atomic E-state index is -1.23. The Morgan fingerprint density at radius 2 is 2.19 bits per heavy atom. The summed E-state index contributed by atoms with van der Waals surface area (Å²) >= 11 is 5.06. The predicted octanol–water partition coefficient (Wildman–Crippen LogP) is 0.392. The maximum atomic E-state index is 13.1. The van der Waals surface area contributed by atoms with Crippen LogP contribution in [-0.2, 0) is 28.8 Å². The highest BCUT2D eigenvalue weighted by Gasteiger charge is 2.54. The van der Waals surface area contributed by atoms with Gasteiger partial charge in [-0.25, -0.2) is 14.6 Å². The van der Waals surface area contributed by atoms with Crippen molar-refractivity contribution >= 4 is 80.8 Å². The second-order valence-corrected chi connectivity index (χ2v) is 11.3. The van der Waals surface area contributed by atoms with Crippen LogP contribution in [0.1, 0.15) is 12.6 Å². The van der Waals surface area contributed by atoms with Crippen LogP contribution in [0.25, 0.3) is 0 Å². The second kappa shape index (κ2) is 11.9. The summed E-state index contributed by atoms with van der Waals surface area (Å²) in [6.45, 7) is 1.24.